The number of carbonyl (C=O) groups is 1. The third kappa shape index (κ3) is 4.79. The molecule has 0 spiro atoms. The van der Waals surface area contributed by atoms with Crippen molar-refractivity contribution in [1.82, 2.24) is 5.32 Å². The molecule has 1 amide bonds. The van der Waals surface area contributed by atoms with Crippen LogP contribution < -0.4 is 11.1 Å². The molecular weight excluding hydrogens is 271 g/mol. The highest BCUT2D eigenvalue weighted by atomic mass is 19.1. The Morgan fingerprint density at radius 3 is 2.57 bits per heavy atom. The lowest BCUT2D eigenvalue weighted by molar-refractivity contribution is -0.120. The number of carbonyl (C=O) groups excluding carboxylic acids is 1. The van der Waals surface area contributed by atoms with Gasteiger partial charge in [0, 0.05) is 19.3 Å². The summed E-state index contributed by atoms with van der Waals surface area (Å²) in [5.74, 6) is -0.152. The zero-order chi connectivity index (χ0) is 15.2. The highest BCUT2D eigenvalue weighted by Crippen LogP contribution is 2.22. The standard InChI is InChI=1S/C16H23FN2O2/c1-11(10-12-6-8-21-9-7-12)19-15(16(18)20)13-2-4-14(17)5-3-13/h2-5,11-12,15,19H,6-10H2,1H3,(H2,18,20)/t11-,15+/m1/s1. The number of amides is 1. The van der Waals surface area contributed by atoms with Gasteiger partial charge in [-0.15, -0.1) is 0 Å². The van der Waals surface area contributed by atoms with Crippen LogP contribution in [-0.2, 0) is 9.53 Å². The Labute approximate surface area is 124 Å². The number of hydrogen-bond acceptors (Lipinski definition) is 3. The van der Waals surface area contributed by atoms with Crippen LogP contribution in [0.15, 0.2) is 24.3 Å². The molecule has 116 valence electrons. The SMILES string of the molecule is C[C@H](CC1CCOCC1)N[C@H](C(N)=O)c1ccc(F)cc1. The van der Waals surface area contributed by atoms with Gasteiger partial charge >= 0.3 is 0 Å². The summed E-state index contributed by atoms with van der Waals surface area (Å²) in [6.07, 6.45) is 3.10. The summed E-state index contributed by atoms with van der Waals surface area (Å²) >= 11 is 0. The number of hydrogen-bond donors (Lipinski definition) is 2. The molecule has 1 heterocycles. The number of ether oxygens (including phenoxy) is 1. The van der Waals surface area contributed by atoms with Gasteiger partial charge in [0.2, 0.25) is 5.91 Å². The maximum absolute atomic E-state index is 13.0. The Bertz CT molecular complexity index is 458. The molecule has 0 saturated carbocycles. The second-order valence-electron chi connectivity index (χ2n) is 5.75. The van der Waals surface area contributed by atoms with Crippen molar-refractivity contribution in [3.63, 3.8) is 0 Å². The van der Waals surface area contributed by atoms with E-state index in [2.05, 4.69) is 12.2 Å². The zero-order valence-electron chi connectivity index (χ0n) is 12.3. The Morgan fingerprint density at radius 2 is 2.00 bits per heavy atom. The van der Waals surface area contributed by atoms with E-state index in [9.17, 15) is 9.18 Å². The van der Waals surface area contributed by atoms with Gasteiger partial charge in [-0.3, -0.25) is 10.1 Å². The van der Waals surface area contributed by atoms with Crippen LogP contribution >= 0.6 is 0 Å². The van der Waals surface area contributed by atoms with Crippen LogP contribution in [0.5, 0.6) is 0 Å². The molecule has 4 nitrogen and oxygen atoms in total. The van der Waals surface area contributed by atoms with Crippen LogP contribution in [0.1, 0.15) is 37.8 Å². The molecule has 1 aliphatic rings. The van der Waals surface area contributed by atoms with E-state index in [0.717, 1.165) is 32.5 Å². The van der Waals surface area contributed by atoms with E-state index in [1.165, 1.54) is 12.1 Å². The topological polar surface area (TPSA) is 64.3 Å². The van der Waals surface area contributed by atoms with Crippen LogP contribution in [0, 0.1) is 11.7 Å². The monoisotopic (exact) mass is 294 g/mol. The van der Waals surface area contributed by atoms with Gasteiger partial charge in [-0.25, -0.2) is 4.39 Å². The first-order chi connectivity index (χ1) is 10.1. The fourth-order valence-corrected chi connectivity index (χ4v) is 2.83. The Kier molecular flexibility index (Phi) is 5.70. The molecule has 1 aliphatic heterocycles. The van der Waals surface area contributed by atoms with Crippen molar-refractivity contribution in [2.75, 3.05) is 13.2 Å². The van der Waals surface area contributed by atoms with Gasteiger partial charge in [-0.2, -0.15) is 0 Å². The molecule has 1 fully saturated rings. The molecule has 0 bridgehead atoms. The first-order valence-corrected chi connectivity index (χ1v) is 7.45. The molecular formula is C16H23FN2O2. The number of primary amides is 1. The summed E-state index contributed by atoms with van der Waals surface area (Å²) in [5.41, 5.74) is 6.17. The van der Waals surface area contributed by atoms with Crippen molar-refractivity contribution < 1.29 is 13.9 Å². The van der Waals surface area contributed by atoms with Crippen molar-refractivity contribution in [2.24, 2.45) is 11.7 Å². The van der Waals surface area contributed by atoms with Crippen molar-refractivity contribution in [3.8, 4) is 0 Å². The molecule has 21 heavy (non-hydrogen) atoms. The summed E-state index contributed by atoms with van der Waals surface area (Å²) in [5, 5.41) is 3.26. The lowest BCUT2D eigenvalue weighted by Crippen LogP contribution is -2.40. The molecule has 1 aromatic rings. The second kappa shape index (κ2) is 7.52. The lowest BCUT2D eigenvalue weighted by atomic mass is 9.92. The minimum Gasteiger partial charge on any atom is -0.381 e. The molecule has 0 unspecified atom stereocenters. The maximum Gasteiger partial charge on any atom is 0.239 e. The number of benzene rings is 1. The molecule has 0 radical (unpaired) electrons. The summed E-state index contributed by atoms with van der Waals surface area (Å²) < 4.78 is 18.3. The summed E-state index contributed by atoms with van der Waals surface area (Å²) in [6, 6.07) is 5.46. The average molecular weight is 294 g/mol. The maximum atomic E-state index is 13.0. The number of nitrogens with one attached hydrogen (secondary N) is 1. The molecule has 5 heteroatoms. The normalized spacial score (nSPS) is 19.1. The van der Waals surface area contributed by atoms with Crippen LogP contribution in [-0.4, -0.2) is 25.2 Å². The van der Waals surface area contributed by atoms with Gasteiger partial charge in [0.05, 0.1) is 0 Å². The minimum absolute atomic E-state index is 0.163. The molecule has 1 aromatic carbocycles. The second-order valence-corrected chi connectivity index (χ2v) is 5.75. The van der Waals surface area contributed by atoms with Gasteiger partial charge in [0.25, 0.3) is 0 Å². The molecule has 2 rings (SSSR count). The van der Waals surface area contributed by atoms with Gasteiger partial charge in [0.1, 0.15) is 11.9 Å². The average Bonchev–Trinajstić information content (AvgIpc) is 2.47. The number of rotatable bonds is 6. The van der Waals surface area contributed by atoms with Crippen LogP contribution in [0.3, 0.4) is 0 Å². The first-order valence-electron chi connectivity index (χ1n) is 7.45. The first kappa shape index (κ1) is 15.9. The van der Waals surface area contributed by atoms with Crippen molar-refractivity contribution in [2.45, 2.75) is 38.3 Å². The largest absolute Gasteiger partial charge is 0.381 e. The van der Waals surface area contributed by atoms with E-state index in [4.69, 9.17) is 10.5 Å². The highest BCUT2D eigenvalue weighted by Gasteiger charge is 2.22. The molecule has 0 aromatic heterocycles. The summed E-state index contributed by atoms with van der Waals surface area (Å²) in [7, 11) is 0. The Balaban J connectivity index is 1.95. The van der Waals surface area contributed by atoms with Crippen LogP contribution in [0.2, 0.25) is 0 Å². The van der Waals surface area contributed by atoms with Crippen LogP contribution in [0.4, 0.5) is 4.39 Å². The summed E-state index contributed by atoms with van der Waals surface area (Å²) in [6.45, 7) is 3.68. The Morgan fingerprint density at radius 1 is 1.38 bits per heavy atom. The Hall–Kier alpha value is -1.46. The van der Waals surface area contributed by atoms with Gasteiger partial charge in [0.15, 0.2) is 0 Å². The number of nitrogens with two attached hydrogens (primary N) is 1. The zero-order valence-corrected chi connectivity index (χ0v) is 12.3. The van der Waals surface area contributed by atoms with Crippen molar-refractivity contribution in [3.05, 3.63) is 35.6 Å². The minimum atomic E-state index is -0.583. The van der Waals surface area contributed by atoms with Crippen LogP contribution in [0.25, 0.3) is 0 Å². The quantitative estimate of drug-likeness (QED) is 0.845. The van der Waals surface area contributed by atoms with Gasteiger partial charge in [-0.1, -0.05) is 12.1 Å². The molecule has 1 saturated heterocycles. The summed E-state index contributed by atoms with van der Waals surface area (Å²) in [4.78, 5) is 11.7. The van der Waals surface area contributed by atoms with E-state index >= 15 is 0 Å². The van der Waals surface area contributed by atoms with Crippen molar-refractivity contribution >= 4 is 5.91 Å². The van der Waals surface area contributed by atoms with E-state index in [-0.39, 0.29) is 11.9 Å². The van der Waals surface area contributed by atoms with E-state index in [0.29, 0.717) is 11.5 Å². The highest BCUT2D eigenvalue weighted by molar-refractivity contribution is 5.81. The fourth-order valence-electron chi connectivity index (χ4n) is 2.83. The third-order valence-corrected chi connectivity index (χ3v) is 3.97. The molecule has 3 N–H and O–H groups in total. The predicted octanol–water partition coefficient (Wildman–Crippen LogP) is 2.15. The fraction of sp³-hybridized carbons (Fsp3) is 0.562. The third-order valence-electron chi connectivity index (χ3n) is 3.97. The van der Waals surface area contributed by atoms with E-state index in [1.807, 2.05) is 0 Å². The lowest BCUT2D eigenvalue weighted by Gasteiger charge is -2.27. The van der Waals surface area contributed by atoms with Crippen molar-refractivity contribution in [1.29, 1.82) is 0 Å². The molecule has 0 aliphatic carbocycles. The number of halogens is 1. The molecule has 2 atom stereocenters. The smallest absolute Gasteiger partial charge is 0.239 e. The van der Waals surface area contributed by atoms with E-state index in [1.54, 1.807) is 12.1 Å². The van der Waals surface area contributed by atoms with Gasteiger partial charge in [-0.05, 0) is 49.8 Å². The predicted molar refractivity (Wildman–Crippen MR) is 79.1 cm³/mol. The van der Waals surface area contributed by atoms with Gasteiger partial charge < -0.3 is 10.5 Å². The van der Waals surface area contributed by atoms with E-state index < -0.39 is 11.9 Å².